The predicted molar refractivity (Wildman–Crippen MR) is 72.3 cm³/mol. The Balaban J connectivity index is 2.11. The number of rotatable bonds is 2. The number of amides is 1. The van der Waals surface area contributed by atoms with Crippen LogP contribution in [0.1, 0.15) is 23.7 Å². The molecule has 18 heavy (non-hydrogen) atoms. The number of methoxy groups -OCH3 is 1. The Bertz CT molecular complexity index is 436. The van der Waals surface area contributed by atoms with Crippen LogP contribution in [0.5, 0.6) is 5.75 Å². The highest BCUT2D eigenvalue weighted by molar-refractivity contribution is 6.20. The first-order valence-electron chi connectivity index (χ1n) is 6.19. The normalized spacial score (nSPS) is 23.8. The Morgan fingerprint density at radius 1 is 1.50 bits per heavy atom. The summed E-state index contributed by atoms with van der Waals surface area (Å²) in [4.78, 5) is 14.2. The molecule has 1 fully saturated rings. The SMILES string of the molecule is COc1cccc(C(=O)N2CCC(Cl)C(C)C2)c1. The summed E-state index contributed by atoms with van der Waals surface area (Å²) in [6.07, 6.45) is 0.860. The van der Waals surface area contributed by atoms with Crippen molar-refractivity contribution in [3.63, 3.8) is 0 Å². The van der Waals surface area contributed by atoms with Gasteiger partial charge in [0.1, 0.15) is 5.75 Å². The van der Waals surface area contributed by atoms with Gasteiger partial charge in [-0.25, -0.2) is 0 Å². The van der Waals surface area contributed by atoms with Gasteiger partial charge in [-0.3, -0.25) is 4.79 Å². The van der Waals surface area contributed by atoms with Crippen LogP contribution in [0.15, 0.2) is 24.3 Å². The zero-order valence-electron chi connectivity index (χ0n) is 10.7. The van der Waals surface area contributed by atoms with E-state index in [-0.39, 0.29) is 11.3 Å². The van der Waals surface area contributed by atoms with Crippen LogP contribution in [0.25, 0.3) is 0 Å². The molecule has 0 saturated carbocycles. The molecule has 0 bridgehead atoms. The zero-order chi connectivity index (χ0) is 13.1. The van der Waals surface area contributed by atoms with Gasteiger partial charge in [0.2, 0.25) is 0 Å². The maximum absolute atomic E-state index is 12.3. The van der Waals surface area contributed by atoms with E-state index in [2.05, 4.69) is 6.92 Å². The number of halogens is 1. The molecule has 0 aliphatic carbocycles. The van der Waals surface area contributed by atoms with Crippen LogP contribution in [-0.2, 0) is 0 Å². The molecular formula is C14H18ClNO2. The van der Waals surface area contributed by atoms with Crippen LogP contribution in [-0.4, -0.2) is 36.4 Å². The van der Waals surface area contributed by atoms with E-state index in [1.54, 1.807) is 13.2 Å². The van der Waals surface area contributed by atoms with Crippen molar-refractivity contribution in [2.24, 2.45) is 5.92 Å². The zero-order valence-corrected chi connectivity index (χ0v) is 11.5. The highest BCUT2D eigenvalue weighted by Crippen LogP contribution is 2.23. The average Bonchev–Trinajstić information content (AvgIpc) is 2.41. The third-order valence-electron chi connectivity index (χ3n) is 3.40. The molecule has 98 valence electrons. The second-order valence-corrected chi connectivity index (χ2v) is 5.33. The number of piperidine rings is 1. The molecule has 2 unspecified atom stereocenters. The Morgan fingerprint density at radius 3 is 2.94 bits per heavy atom. The molecule has 1 heterocycles. The lowest BCUT2D eigenvalue weighted by Gasteiger charge is -2.34. The molecule has 1 aromatic rings. The summed E-state index contributed by atoms with van der Waals surface area (Å²) >= 11 is 6.17. The molecule has 1 aliphatic rings. The number of hydrogen-bond donors (Lipinski definition) is 0. The largest absolute Gasteiger partial charge is 0.497 e. The summed E-state index contributed by atoms with van der Waals surface area (Å²) in [5, 5.41) is 0.180. The lowest BCUT2D eigenvalue weighted by molar-refractivity contribution is 0.0686. The van der Waals surface area contributed by atoms with Crippen molar-refractivity contribution in [1.29, 1.82) is 0 Å². The molecule has 1 amide bonds. The summed E-state index contributed by atoms with van der Waals surface area (Å²) in [5.74, 6) is 1.11. The van der Waals surface area contributed by atoms with Gasteiger partial charge in [0.25, 0.3) is 5.91 Å². The quantitative estimate of drug-likeness (QED) is 0.771. The Morgan fingerprint density at radius 2 is 2.28 bits per heavy atom. The number of carbonyl (C=O) groups is 1. The van der Waals surface area contributed by atoms with E-state index < -0.39 is 0 Å². The van der Waals surface area contributed by atoms with Crippen LogP contribution >= 0.6 is 11.6 Å². The van der Waals surface area contributed by atoms with Gasteiger partial charge in [0.15, 0.2) is 0 Å². The molecule has 0 N–H and O–H groups in total. The van der Waals surface area contributed by atoms with E-state index >= 15 is 0 Å². The molecule has 1 saturated heterocycles. The predicted octanol–water partition coefficient (Wildman–Crippen LogP) is 2.78. The maximum Gasteiger partial charge on any atom is 0.253 e. The van der Waals surface area contributed by atoms with E-state index in [0.717, 1.165) is 19.5 Å². The van der Waals surface area contributed by atoms with Crippen molar-refractivity contribution in [3.8, 4) is 5.75 Å². The monoisotopic (exact) mass is 267 g/mol. The molecule has 3 nitrogen and oxygen atoms in total. The highest BCUT2D eigenvalue weighted by atomic mass is 35.5. The van der Waals surface area contributed by atoms with Gasteiger partial charge in [0, 0.05) is 24.0 Å². The minimum Gasteiger partial charge on any atom is -0.497 e. The van der Waals surface area contributed by atoms with E-state index in [4.69, 9.17) is 16.3 Å². The second kappa shape index (κ2) is 5.61. The van der Waals surface area contributed by atoms with E-state index in [0.29, 0.717) is 17.2 Å². The topological polar surface area (TPSA) is 29.5 Å². The molecule has 2 rings (SSSR count). The van der Waals surface area contributed by atoms with Crippen LogP contribution in [0.3, 0.4) is 0 Å². The number of likely N-dealkylation sites (tertiary alicyclic amines) is 1. The fourth-order valence-corrected chi connectivity index (χ4v) is 2.42. The third-order valence-corrected chi connectivity index (χ3v) is 4.05. The van der Waals surface area contributed by atoms with Crippen LogP contribution in [0.4, 0.5) is 0 Å². The van der Waals surface area contributed by atoms with Crippen molar-refractivity contribution in [2.45, 2.75) is 18.7 Å². The Hall–Kier alpha value is -1.22. The smallest absolute Gasteiger partial charge is 0.253 e. The van der Waals surface area contributed by atoms with Crippen molar-refractivity contribution < 1.29 is 9.53 Å². The Labute approximate surface area is 113 Å². The Kier molecular flexibility index (Phi) is 4.12. The standard InChI is InChI=1S/C14H18ClNO2/c1-10-9-16(7-6-13(10)15)14(17)11-4-3-5-12(8-11)18-2/h3-5,8,10,13H,6-7,9H2,1-2H3. The molecule has 0 spiro atoms. The van der Waals surface area contributed by atoms with Gasteiger partial charge < -0.3 is 9.64 Å². The molecule has 0 radical (unpaired) electrons. The fourth-order valence-electron chi connectivity index (χ4n) is 2.24. The number of carbonyl (C=O) groups excluding carboxylic acids is 1. The van der Waals surface area contributed by atoms with Crippen molar-refractivity contribution in [2.75, 3.05) is 20.2 Å². The van der Waals surface area contributed by atoms with Gasteiger partial charge in [-0.05, 0) is 30.5 Å². The summed E-state index contributed by atoms with van der Waals surface area (Å²) < 4.78 is 5.14. The van der Waals surface area contributed by atoms with Gasteiger partial charge in [-0.2, -0.15) is 0 Å². The fraction of sp³-hybridized carbons (Fsp3) is 0.500. The lowest BCUT2D eigenvalue weighted by Crippen LogP contribution is -2.43. The summed E-state index contributed by atoms with van der Waals surface area (Å²) in [6.45, 7) is 3.54. The second-order valence-electron chi connectivity index (χ2n) is 4.77. The first-order valence-corrected chi connectivity index (χ1v) is 6.63. The lowest BCUT2D eigenvalue weighted by atomic mass is 9.99. The van der Waals surface area contributed by atoms with Crippen LogP contribution < -0.4 is 4.74 Å². The molecule has 4 heteroatoms. The van der Waals surface area contributed by atoms with Crippen LogP contribution in [0, 0.1) is 5.92 Å². The number of nitrogens with zero attached hydrogens (tertiary/aromatic N) is 1. The van der Waals surface area contributed by atoms with E-state index in [1.807, 2.05) is 23.1 Å². The number of benzene rings is 1. The van der Waals surface area contributed by atoms with Gasteiger partial charge in [0.05, 0.1) is 7.11 Å². The highest BCUT2D eigenvalue weighted by Gasteiger charge is 2.27. The summed E-state index contributed by atoms with van der Waals surface area (Å²) in [5.41, 5.74) is 0.676. The minimum absolute atomic E-state index is 0.0596. The number of ether oxygens (including phenoxy) is 1. The molecule has 1 aliphatic heterocycles. The number of alkyl halides is 1. The molecule has 2 atom stereocenters. The average molecular weight is 268 g/mol. The summed E-state index contributed by atoms with van der Waals surface area (Å²) in [6, 6.07) is 7.27. The third kappa shape index (κ3) is 2.78. The molecule has 0 aromatic heterocycles. The first-order chi connectivity index (χ1) is 8.61. The molecule has 1 aromatic carbocycles. The summed E-state index contributed by atoms with van der Waals surface area (Å²) in [7, 11) is 1.60. The van der Waals surface area contributed by atoms with Crippen molar-refractivity contribution in [1.82, 2.24) is 4.90 Å². The van der Waals surface area contributed by atoms with Crippen LogP contribution in [0.2, 0.25) is 0 Å². The van der Waals surface area contributed by atoms with Gasteiger partial charge in [-0.1, -0.05) is 13.0 Å². The van der Waals surface area contributed by atoms with E-state index in [1.165, 1.54) is 0 Å². The van der Waals surface area contributed by atoms with Gasteiger partial charge in [-0.15, -0.1) is 11.6 Å². The first kappa shape index (κ1) is 13.2. The number of hydrogen-bond acceptors (Lipinski definition) is 2. The molecular weight excluding hydrogens is 250 g/mol. The van der Waals surface area contributed by atoms with Crippen molar-refractivity contribution in [3.05, 3.63) is 29.8 Å². The minimum atomic E-state index is 0.0596. The maximum atomic E-state index is 12.3. The van der Waals surface area contributed by atoms with Crippen molar-refractivity contribution >= 4 is 17.5 Å². The van der Waals surface area contributed by atoms with Gasteiger partial charge >= 0.3 is 0 Å². The van der Waals surface area contributed by atoms with E-state index in [9.17, 15) is 4.79 Å².